The molecule has 16 heavy (non-hydrogen) atoms. The molecule has 1 unspecified atom stereocenters. The summed E-state index contributed by atoms with van der Waals surface area (Å²) in [6.07, 6.45) is 1.04. The van der Waals surface area contributed by atoms with Crippen molar-refractivity contribution < 1.29 is 9.13 Å². The van der Waals surface area contributed by atoms with E-state index in [1.165, 1.54) is 0 Å². The van der Waals surface area contributed by atoms with Gasteiger partial charge < -0.3 is 4.74 Å². The monoisotopic (exact) mass is 225 g/mol. The van der Waals surface area contributed by atoms with Gasteiger partial charge in [-0.05, 0) is 19.8 Å². The number of hydrogen-bond acceptors (Lipinski definition) is 2. The van der Waals surface area contributed by atoms with Crippen LogP contribution >= 0.6 is 0 Å². The number of aryl methyl sites for hydroxylation is 2. The van der Waals surface area contributed by atoms with Crippen molar-refractivity contribution in [2.75, 3.05) is 7.11 Å². The summed E-state index contributed by atoms with van der Waals surface area (Å²) in [5.41, 5.74) is 2.91. The third-order valence-corrected chi connectivity index (χ3v) is 2.64. The van der Waals surface area contributed by atoms with Gasteiger partial charge in [0.2, 0.25) is 0 Å². The highest BCUT2D eigenvalue weighted by Gasteiger charge is 2.22. The lowest BCUT2D eigenvalue weighted by Crippen LogP contribution is -2.17. The summed E-state index contributed by atoms with van der Waals surface area (Å²) in [5.74, 6) is 0.787. The van der Waals surface area contributed by atoms with E-state index in [1.54, 1.807) is 7.11 Å². The molecule has 0 aromatic carbocycles. The topological polar surface area (TPSA) is 22.1 Å². The lowest BCUT2D eigenvalue weighted by molar-refractivity contribution is 0.293. The molecule has 0 spiro atoms. The molecule has 1 aliphatic carbocycles. The Balaban J connectivity index is 0.000000606. The van der Waals surface area contributed by atoms with Crippen LogP contribution in [0.15, 0.2) is 6.07 Å². The molecule has 2 nitrogen and oxygen atoms in total. The molecule has 90 valence electrons. The molecule has 1 atom stereocenters. The van der Waals surface area contributed by atoms with E-state index in [0.29, 0.717) is 12.8 Å². The first-order valence-electron chi connectivity index (χ1n) is 5.88. The highest BCUT2D eigenvalue weighted by molar-refractivity contribution is 5.40. The lowest BCUT2D eigenvalue weighted by atomic mass is 9.93. The average molecular weight is 225 g/mol. The first-order valence-corrected chi connectivity index (χ1v) is 5.88. The number of rotatable bonds is 1. The Morgan fingerprint density at radius 2 is 2.12 bits per heavy atom. The minimum absolute atomic E-state index is 0.450. The van der Waals surface area contributed by atoms with Crippen molar-refractivity contribution in [3.63, 3.8) is 0 Å². The Morgan fingerprint density at radius 1 is 1.44 bits per heavy atom. The van der Waals surface area contributed by atoms with Gasteiger partial charge in [-0.2, -0.15) is 0 Å². The van der Waals surface area contributed by atoms with Crippen molar-refractivity contribution in [2.24, 2.45) is 0 Å². The number of ether oxygens (including phenoxy) is 1. The number of hydrogen-bond donors (Lipinski definition) is 0. The number of pyridine rings is 1. The van der Waals surface area contributed by atoms with Gasteiger partial charge in [0.15, 0.2) is 0 Å². The largest absolute Gasteiger partial charge is 0.496 e. The molecule has 0 saturated heterocycles. The fourth-order valence-electron chi connectivity index (χ4n) is 1.96. The van der Waals surface area contributed by atoms with Crippen LogP contribution < -0.4 is 4.74 Å². The number of aromatic nitrogens is 1. The van der Waals surface area contributed by atoms with Crippen molar-refractivity contribution in [1.82, 2.24) is 4.98 Å². The van der Waals surface area contributed by atoms with Crippen LogP contribution in [0.2, 0.25) is 0 Å². The van der Waals surface area contributed by atoms with Crippen molar-refractivity contribution >= 4 is 0 Å². The van der Waals surface area contributed by atoms with Gasteiger partial charge in [-0.1, -0.05) is 13.8 Å². The van der Waals surface area contributed by atoms with Gasteiger partial charge in [0.1, 0.15) is 11.9 Å². The first kappa shape index (κ1) is 12.9. The zero-order chi connectivity index (χ0) is 12.1. The van der Waals surface area contributed by atoms with E-state index >= 15 is 0 Å². The molecule has 0 fully saturated rings. The maximum absolute atomic E-state index is 13.2. The second-order valence-electron chi connectivity index (χ2n) is 3.73. The van der Waals surface area contributed by atoms with Crippen molar-refractivity contribution in [3.8, 4) is 5.75 Å². The molecule has 0 bridgehead atoms. The molecule has 1 heterocycles. The van der Waals surface area contributed by atoms with Gasteiger partial charge in [-0.15, -0.1) is 0 Å². The Labute approximate surface area is 96.8 Å². The highest BCUT2D eigenvalue weighted by Crippen LogP contribution is 2.30. The van der Waals surface area contributed by atoms with Crippen LogP contribution in [0.25, 0.3) is 0 Å². The third-order valence-electron chi connectivity index (χ3n) is 2.64. The van der Waals surface area contributed by atoms with Crippen LogP contribution in [0, 0.1) is 6.92 Å². The second-order valence-corrected chi connectivity index (χ2v) is 3.73. The molecular weight excluding hydrogens is 205 g/mol. The SMILES string of the molecule is CC.COc1cc(C)nc2c1CC(F)CC2. The maximum atomic E-state index is 13.2. The Morgan fingerprint density at radius 3 is 2.75 bits per heavy atom. The van der Waals surface area contributed by atoms with E-state index in [2.05, 4.69) is 4.98 Å². The number of methoxy groups -OCH3 is 1. The van der Waals surface area contributed by atoms with Gasteiger partial charge >= 0.3 is 0 Å². The van der Waals surface area contributed by atoms with E-state index in [-0.39, 0.29) is 0 Å². The zero-order valence-electron chi connectivity index (χ0n) is 10.5. The fourth-order valence-corrected chi connectivity index (χ4v) is 1.96. The van der Waals surface area contributed by atoms with Gasteiger partial charge in [0.05, 0.1) is 7.11 Å². The molecule has 2 rings (SSSR count). The molecule has 3 heteroatoms. The minimum atomic E-state index is -0.735. The predicted octanol–water partition coefficient (Wildman–Crippen LogP) is 3.25. The predicted molar refractivity (Wildman–Crippen MR) is 63.8 cm³/mol. The smallest absolute Gasteiger partial charge is 0.125 e. The highest BCUT2D eigenvalue weighted by atomic mass is 19.1. The summed E-state index contributed by atoms with van der Waals surface area (Å²) in [5, 5.41) is 0. The number of alkyl halides is 1. The van der Waals surface area contributed by atoms with E-state index < -0.39 is 6.17 Å². The normalized spacial score (nSPS) is 18.2. The number of nitrogens with zero attached hydrogens (tertiary/aromatic N) is 1. The number of halogens is 1. The first-order chi connectivity index (χ1) is 7.70. The van der Waals surface area contributed by atoms with Crippen LogP contribution in [-0.4, -0.2) is 18.3 Å². The van der Waals surface area contributed by atoms with Crippen molar-refractivity contribution in [2.45, 2.75) is 46.2 Å². The molecule has 0 aliphatic heterocycles. The van der Waals surface area contributed by atoms with Gasteiger partial charge in [0, 0.05) is 29.4 Å². The van der Waals surface area contributed by atoms with Crippen LogP contribution in [0.1, 0.15) is 37.2 Å². The Hall–Kier alpha value is -1.12. The van der Waals surface area contributed by atoms with E-state index in [0.717, 1.165) is 29.1 Å². The van der Waals surface area contributed by atoms with Crippen LogP contribution in [0.4, 0.5) is 4.39 Å². The van der Waals surface area contributed by atoms with E-state index in [1.807, 2.05) is 26.8 Å². The second kappa shape index (κ2) is 5.83. The van der Waals surface area contributed by atoms with Crippen LogP contribution in [-0.2, 0) is 12.8 Å². The fraction of sp³-hybridized carbons (Fsp3) is 0.615. The summed E-state index contributed by atoms with van der Waals surface area (Å²) in [6.45, 7) is 5.93. The van der Waals surface area contributed by atoms with Crippen LogP contribution in [0.5, 0.6) is 5.75 Å². The summed E-state index contributed by atoms with van der Waals surface area (Å²) in [7, 11) is 1.62. The summed E-state index contributed by atoms with van der Waals surface area (Å²) in [4.78, 5) is 4.41. The third kappa shape index (κ3) is 2.71. The van der Waals surface area contributed by atoms with Crippen LogP contribution in [0.3, 0.4) is 0 Å². The van der Waals surface area contributed by atoms with E-state index in [4.69, 9.17) is 4.74 Å². The molecule has 1 aromatic heterocycles. The number of fused-ring (bicyclic) bond motifs is 1. The lowest BCUT2D eigenvalue weighted by Gasteiger charge is -2.20. The average Bonchev–Trinajstić information content (AvgIpc) is 2.31. The summed E-state index contributed by atoms with van der Waals surface area (Å²) < 4.78 is 18.4. The standard InChI is InChI=1S/C11H14FNO.C2H6/c1-7-5-11(14-2)9-6-8(12)3-4-10(9)13-7;1-2/h5,8H,3-4,6H2,1-2H3;1-2H3. The van der Waals surface area contributed by atoms with Gasteiger partial charge in [-0.25, -0.2) is 4.39 Å². The molecule has 0 saturated carbocycles. The van der Waals surface area contributed by atoms with Gasteiger partial charge in [-0.3, -0.25) is 4.98 Å². The van der Waals surface area contributed by atoms with E-state index in [9.17, 15) is 4.39 Å². The van der Waals surface area contributed by atoms with Crippen molar-refractivity contribution in [1.29, 1.82) is 0 Å². The Bertz CT molecular complexity index is 335. The van der Waals surface area contributed by atoms with Crippen molar-refractivity contribution in [3.05, 3.63) is 23.0 Å². The Kier molecular flexibility index (Phi) is 4.71. The molecule has 0 N–H and O–H groups in total. The molecule has 0 amide bonds. The zero-order valence-corrected chi connectivity index (χ0v) is 10.5. The molecule has 1 aromatic rings. The maximum Gasteiger partial charge on any atom is 0.125 e. The van der Waals surface area contributed by atoms with Gasteiger partial charge in [0.25, 0.3) is 0 Å². The summed E-state index contributed by atoms with van der Waals surface area (Å²) in [6, 6.07) is 1.87. The quantitative estimate of drug-likeness (QED) is 0.732. The molecule has 0 radical (unpaired) electrons. The minimum Gasteiger partial charge on any atom is -0.496 e. The molecule has 1 aliphatic rings. The molecular formula is C13H20FNO. The summed E-state index contributed by atoms with van der Waals surface area (Å²) >= 11 is 0.